The van der Waals surface area contributed by atoms with Crippen molar-refractivity contribution < 1.29 is 18.7 Å². The van der Waals surface area contributed by atoms with Gasteiger partial charge in [-0.3, -0.25) is 9.51 Å². The molecule has 1 aromatic heterocycles. The van der Waals surface area contributed by atoms with E-state index in [1.54, 1.807) is 14.2 Å². The quantitative estimate of drug-likeness (QED) is 0.437. The van der Waals surface area contributed by atoms with Crippen LogP contribution < -0.4 is 25.7 Å². The van der Waals surface area contributed by atoms with Gasteiger partial charge in [-0.25, -0.2) is 4.79 Å². The first-order chi connectivity index (χ1) is 15.5. The molecule has 1 unspecified atom stereocenters. The molecule has 0 saturated heterocycles. The molecule has 1 atom stereocenters. The lowest BCUT2D eigenvalue weighted by atomic mass is 9.81. The van der Waals surface area contributed by atoms with Gasteiger partial charge in [0.1, 0.15) is 5.75 Å². The number of hydrogen-bond donors (Lipinski definition) is 2. The minimum Gasteiger partial charge on any atom is -0.493 e. The summed E-state index contributed by atoms with van der Waals surface area (Å²) in [5.74, 6) is 0.951. The zero-order chi connectivity index (χ0) is 22.4. The van der Waals surface area contributed by atoms with Gasteiger partial charge in [-0.1, -0.05) is 41.6 Å². The fraction of sp³-hybridized carbons (Fsp3) is 0.130. The van der Waals surface area contributed by atoms with E-state index in [2.05, 4.69) is 26.1 Å². The van der Waals surface area contributed by atoms with Gasteiger partial charge in [0, 0.05) is 16.9 Å². The number of benzene rings is 3. The van der Waals surface area contributed by atoms with Gasteiger partial charge in [0.2, 0.25) is 0 Å². The molecule has 2 heterocycles. The van der Waals surface area contributed by atoms with Crippen molar-refractivity contribution in [3.8, 4) is 17.2 Å². The highest BCUT2D eigenvalue weighted by Gasteiger charge is 2.35. The van der Waals surface area contributed by atoms with E-state index >= 15 is 0 Å². The normalized spacial score (nSPS) is 15.4. The summed E-state index contributed by atoms with van der Waals surface area (Å²) < 4.78 is 22.6. The minimum atomic E-state index is -0.683. The highest BCUT2D eigenvalue weighted by atomic mass is 79.9. The highest BCUT2D eigenvalue weighted by molar-refractivity contribution is 9.10. The summed E-state index contributed by atoms with van der Waals surface area (Å²) in [6, 6.07) is 15.7. The first kappa shape index (κ1) is 20.2. The van der Waals surface area contributed by atoms with E-state index in [0.717, 1.165) is 21.9 Å². The molecule has 0 radical (unpaired) electrons. The maximum atomic E-state index is 11.7. The third-order valence-corrected chi connectivity index (χ3v) is 6.06. The Labute approximate surface area is 190 Å². The van der Waals surface area contributed by atoms with E-state index in [4.69, 9.17) is 24.5 Å². The van der Waals surface area contributed by atoms with Crippen LogP contribution in [0.15, 0.2) is 68.2 Å². The molecule has 0 spiro atoms. The zero-order valence-corrected chi connectivity index (χ0v) is 18.7. The fourth-order valence-corrected chi connectivity index (χ4v) is 4.74. The van der Waals surface area contributed by atoms with Crippen LogP contribution in [0.2, 0.25) is 0 Å². The molecule has 9 heteroatoms. The topological polar surface area (TPSA) is 113 Å². The first-order valence-corrected chi connectivity index (χ1v) is 10.5. The van der Waals surface area contributed by atoms with Crippen LogP contribution in [-0.4, -0.2) is 24.4 Å². The second-order valence-electron chi connectivity index (χ2n) is 7.20. The summed E-state index contributed by atoms with van der Waals surface area (Å²) in [4.78, 5) is 14.3. The second-order valence-corrected chi connectivity index (χ2v) is 8.05. The lowest BCUT2D eigenvalue weighted by molar-refractivity contribution is 0.352. The summed E-state index contributed by atoms with van der Waals surface area (Å²) in [5, 5.41) is 5.81. The van der Waals surface area contributed by atoms with E-state index in [1.807, 2.05) is 48.5 Å². The molecular weight excluding hydrogens is 478 g/mol. The lowest BCUT2D eigenvalue weighted by Crippen LogP contribution is -2.22. The van der Waals surface area contributed by atoms with Crippen LogP contribution in [0.5, 0.6) is 17.2 Å². The number of hydrogen-bond acceptors (Lipinski definition) is 7. The van der Waals surface area contributed by atoms with Crippen molar-refractivity contribution in [2.45, 2.75) is 5.92 Å². The number of nitrogens with one attached hydrogen (secondary N) is 1. The molecular formula is C23H18BrN3O5. The number of rotatable bonds is 4. The fourth-order valence-electron chi connectivity index (χ4n) is 4.11. The van der Waals surface area contributed by atoms with Crippen LogP contribution >= 0.6 is 15.9 Å². The van der Waals surface area contributed by atoms with E-state index in [0.29, 0.717) is 27.3 Å². The van der Waals surface area contributed by atoms with Gasteiger partial charge in [-0.2, -0.15) is 0 Å². The van der Waals surface area contributed by atoms with Gasteiger partial charge in [0.05, 0.1) is 24.3 Å². The molecule has 3 N–H and O–H groups in total. The molecule has 0 saturated carbocycles. The summed E-state index contributed by atoms with van der Waals surface area (Å²) in [7, 11) is 3.14. The van der Waals surface area contributed by atoms with E-state index in [1.165, 1.54) is 0 Å². The molecule has 5 rings (SSSR count). The predicted molar refractivity (Wildman–Crippen MR) is 122 cm³/mol. The van der Waals surface area contributed by atoms with Crippen LogP contribution in [0.1, 0.15) is 22.9 Å². The number of methoxy groups -OCH3 is 2. The van der Waals surface area contributed by atoms with Crippen LogP contribution in [0.25, 0.3) is 16.3 Å². The van der Waals surface area contributed by atoms with Crippen LogP contribution in [-0.2, 0) is 0 Å². The van der Waals surface area contributed by atoms with Crippen LogP contribution in [0, 0.1) is 0 Å². The molecule has 3 aromatic carbocycles. The Morgan fingerprint density at radius 2 is 1.94 bits per heavy atom. The molecule has 1 aliphatic heterocycles. The number of halogens is 1. The number of fused-ring (bicyclic) bond motifs is 3. The summed E-state index contributed by atoms with van der Waals surface area (Å²) >= 11 is 3.57. The number of allylic oxidation sites excluding steroid dienone is 1. The molecule has 4 aromatic rings. The van der Waals surface area contributed by atoms with Gasteiger partial charge in [0.25, 0.3) is 0 Å². The molecule has 0 bridgehead atoms. The predicted octanol–water partition coefficient (Wildman–Crippen LogP) is 4.15. The number of H-pyrrole nitrogens is 1. The maximum Gasteiger partial charge on any atom is 0.439 e. The van der Waals surface area contributed by atoms with Crippen molar-refractivity contribution >= 4 is 32.3 Å². The Morgan fingerprint density at radius 3 is 2.66 bits per heavy atom. The van der Waals surface area contributed by atoms with Gasteiger partial charge in [0.15, 0.2) is 23.2 Å². The molecule has 0 amide bonds. The number of nitrogens with two attached hydrogens (primary N) is 1. The summed E-state index contributed by atoms with van der Waals surface area (Å²) in [6.45, 7) is 0. The highest BCUT2D eigenvalue weighted by Crippen LogP contribution is 2.50. The second kappa shape index (κ2) is 7.76. The van der Waals surface area contributed by atoms with Crippen molar-refractivity contribution in [2.24, 2.45) is 5.73 Å². The Balaban J connectivity index is 1.82. The van der Waals surface area contributed by atoms with Gasteiger partial charge in [-0.05, 0) is 39.0 Å². The molecule has 162 valence electrons. The van der Waals surface area contributed by atoms with Gasteiger partial charge in [-0.15, -0.1) is 0 Å². The molecule has 32 heavy (non-hydrogen) atoms. The van der Waals surface area contributed by atoms with Crippen molar-refractivity contribution in [2.75, 3.05) is 14.2 Å². The van der Waals surface area contributed by atoms with Gasteiger partial charge >= 0.3 is 5.76 Å². The first-order valence-electron chi connectivity index (χ1n) is 9.68. The summed E-state index contributed by atoms with van der Waals surface area (Å²) in [5.41, 5.74) is 8.58. The largest absolute Gasteiger partial charge is 0.493 e. The molecule has 1 aliphatic rings. The molecule has 0 aliphatic carbocycles. The Hall–Kier alpha value is -3.72. The number of aromatic amines is 1. The Bertz CT molecular complexity index is 1440. The minimum absolute atomic E-state index is 0.120. The third-order valence-electron chi connectivity index (χ3n) is 5.47. The van der Waals surface area contributed by atoms with Crippen molar-refractivity contribution in [3.63, 3.8) is 0 Å². The van der Waals surface area contributed by atoms with E-state index < -0.39 is 11.7 Å². The number of ether oxygens (including phenoxy) is 3. The molecule has 8 nitrogen and oxygen atoms in total. The maximum absolute atomic E-state index is 11.7. The average Bonchev–Trinajstić information content (AvgIpc) is 3.23. The standard InChI is InChI=1S/C23H18BrN3O5/c1-29-16-10-12(9-15(24)20(16)30-2)17-14-8-7-11-5-3-4-6-13(11)19(14)31-21(25)18(17)22-26-23(28)32-27-22/h3-10,17H,25H2,1-2H3,(H,26,27,28). The van der Waals surface area contributed by atoms with Crippen molar-refractivity contribution in [1.29, 1.82) is 0 Å². The molecule has 0 fully saturated rings. The Kier molecular flexibility index (Phi) is 4.90. The average molecular weight is 496 g/mol. The number of nitrogens with zero attached hydrogens (tertiary/aromatic N) is 1. The zero-order valence-electron chi connectivity index (χ0n) is 17.1. The van der Waals surface area contributed by atoms with Crippen molar-refractivity contribution in [3.05, 3.63) is 86.4 Å². The van der Waals surface area contributed by atoms with Crippen LogP contribution in [0.3, 0.4) is 0 Å². The third kappa shape index (κ3) is 3.13. The SMILES string of the molecule is COc1cc(C2C(c3noc(=O)[nH]3)=C(N)Oc3c2ccc2ccccc32)cc(Br)c1OC. The number of aromatic nitrogens is 2. The summed E-state index contributed by atoms with van der Waals surface area (Å²) in [6.07, 6.45) is 0. The monoisotopic (exact) mass is 495 g/mol. The van der Waals surface area contributed by atoms with E-state index in [9.17, 15) is 4.79 Å². The smallest absolute Gasteiger partial charge is 0.439 e. The van der Waals surface area contributed by atoms with Crippen LogP contribution in [0.4, 0.5) is 0 Å². The van der Waals surface area contributed by atoms with Gasteiger partial charge < -0.3 is 19.9 Å². The lowest BCUT2D eigenvalue weighted by Gasteiger charge is -2.29. The van der Waals surface area contributed by atoms with E-state index in [-0.39, 0.29) is 11.7 Å². The Morgan fingerprint density at radius 1 is 1.12 bits per heavy atom. The van der Waals surface area contributed by atoms with Crippen molar-refractivity contribution in [1.82, 2.24) is 10.1 Å².